The molecule has 486 valence electrons. The van der Waals surface area contributed by atoms with Gasteiger partial charge in [0.15, 0.2) is 0 Å². The molecule has 0 saturated carbocycles. The normalized spacial score (nSPS) is 13.2. The molecule has 85 heavy (non-hydrogen) atoms. The van der Waals surface area contributed by atoms with E-state index in [1.54, 1.807) is 97.1 Å². The molecule has 0 bridgehead atoms. The third-order valence-electron chi connectivity index (χ3n) is 12.5. The molecule has 4 unspecified atom stereocenters. The second kappa shape index (κ2) is 44.9. The van der Waals surface area contributed by atoms with Crippen LogP contribution in [0.5, 0.6) is 0 Å². The Labute approximate surface area is 527 Å². The summed E-state index contributed by atoms with van der Waals surface area (Å²) >= 11 is 6.90. The number of alkyl halides is 2. The average Bonchev–Trinajstić information content (AvgIpc) is 3.61. The molecule has 0 aliphatic rings. The Hall–Kier alpha value is -3.48. The molecule has 4 rings (SSSR count). The predicted octanol–water partition coefficient (Wildman–Crippen LogP) is 9.53. The van der Waals surface area contributed by atoms with Gasteiger partial charge in [-0.05, 0) is 110 Å². The van der Waals surface area contributed by atoms with Gasteiger partial charge in [0.1, 0.15) is 0 Å². The Bertz CT molecular complexity index is 2710. The summed E-state index contributed by atoms with van der Waals surface area (Å²) in [6.45, 7) is 7.24. The number of aliphatic hydroxyl groups is 4. The van der Waals surface area contributed by atoms with Gasteiger partial charge in [-0.2, -0.15) is 0 Å². The van der Waals surface area contributed by atoms with Crippen molar-refractivity contribution >= 4 is 94.7 Å². The van der Waals surface area contributed by atoms with E-state index in [1.807, 2.05) is 13.8 Å². The number of anilines is 4. The minimum absolute atomic E-state index is 0.138. The largest absolute Gasteiger partial charge is 0.387 e. The van der Waals surface area contributed by atoms with Gasteiger partial charge in [-0.3, -0.25) is 18.9 Å². The first kappa shape index (κ1) is 79.5. The maximum atomic E-state index is 11.3. The maximum Gasteiger partial charge on any atom is 0.229 e. The van der Waals surface area contributed by atoms with Crippen LogP contribution in [0.1, 0.15) is 163 Å². The van der Waals surface area contributed by atoms with Crippen molar-refractivity contribution in [3.8, 4) is 0 Å². The molecule has 0 radical (unpaired) electrons. The zero-order valence-electron chi connectivity index (χ0n) is 50.6. The molecule has 13 N–H and O–H groups in total. The van der Waals surface area contributed by atoms with Crippen LogP contribution >= 0.6 is 31.9 Å². The number of unbranched alkanes of at least 4 members (excludes halogenated alkanes) is 14. The lowest BCUT2D eigenvalue weighted by Gasteiger charge is -2.14. The molecule has 20 nitrogen and oxygen atoms in total. The van der Waals surface area contributed by atoms with Gasteiger partial charge in [0.25, 0.3) is 0 Å². The highest BCUT2D eigenvalue weighted by atomic mass is 79.9. The van der Waals surface area contributed by atoms with Crippen molar-refractivity contribution in [2.24, 2.45) is 5.73 Å². The molecule has 0 fully saturated rings. The lowest BCUT2D eigenvalue weighted by atomic mass is 10.1. The smallest absolute Gasteiger partial charge is 0.229 e. The number of hydrogen-bond acceptors (Lipinski definition) is 16. The number of rotatable bonds is 40. The van der Waals surface area contributed by atoms with Crippen molar-refractivity contribution < 1.29 is 54.1 Å². The van der Waals surface area contributed by atoms with E-state index in [0.29, 0.717) is 54.0 Å². The summed E-state index contributed by atoms with van der Waals surface area (Å²) in [5, 5.41) is 51.9. The first-order valence-electron chi connectivity index (χ1n) is 29.0. The van der Waals surface area contributed by atoms with Gasteiger partial charge in [0.2, 0.25) is 40.1 Å². The Morgan fingerprint density at radius 3 is 0.812 bits per heavy atom. The average molecular weight is 1400 g/mol. The second-order valence-corrected chi connectivity index (χ2v) is 29.9. The summed E-state index contributed by atoms with van der Waals surface area (Å²) in [6.07, 6.45) is 22.3. The van der Waals surface area contributed by atoms with Crippen molar-refractivity contribution in [3.63, 3.8) is 0 Å². The molecular weight excluding hydrogens is 1300 g/mol. The zero-order chi connectivity index (χ0) is 63.7. The zero-order valence-corrected chi connectivity index (χ0v) is 57.1. The Kier molecular flexibility index (Phi) is 42.0. The van der Waals surface area contributed by atoms with Crippen LogP contribution in [0.2, 0.25) is 0 Å². The fourth-order valence-corrected chi connectivity index (χ4v) is 11.1. The molecule has 0 heterocycles. The van der Waals surface area contributed by atoms with Gasteiger partial charge in [-0.1, -0.05) is 171 Å². The minimum Gasteiger partial charge on any atom is -0.387 e. The van der Waals surface area contributed by atoms with E-state index in [2.05, 4.69) is 66.7 Å². The van der Waals surface area contributed by atoms with Crippen molar-refractivity contribution in [1.82, 2.24) is 16.0 Å². The summed E-state index contributed by atoms with van der Waals surface area (Å²) in [6, 6.07) is 26.9. The van der Waals surface area contributed by atoms with E-state index in [0.717, 1.165) is 80.5 Å². The topological polar surface area (TPSA) is 328 Å². The monoisotopic (exact) mass is 1400 g/mol. The number of sulfonamides is 4. The highest BCUT2D eigenvalue weighted by Crippen LogP contribution is 2.21. The standard InChI is InChI=1S/C28H46N4O6S2.C12H20N2O3S.C10H20Br2.C9H14N2O3S/c1-39(35,36)31-25-15-11-23(12-16-25)27(33)21-29-19-9-7-5-3-4-6-8-10-20-30-22-28(34)24-13-17-26(18-14-24)32-40(2,37)38;1-9(2)13-8-12(15)10-4-6-11(7-5-10)14-18(3,16)17;11-9-7-5-3-1-2-4-6-8-10-12;1-15(13,14)11-8-4-2-7(3-5-8)9(12)6-10/h11-18,27-34H,3-10,19-22H2,1-2H3;4-7,9,12-15H,8H2,1-3H3;1-10H2;2-5,9,11-12H,6,10H2,1H3. The van der Waals surface area contributed by atoms with E-state index < -0.39 is 64.5 Å². The second-order valence-electron chi connectivity index (χ2n) is 21.3. The predicted molar refractivity (Wildman–Crippen MR) is 359 cm³/mol. The Morgan fingerprint density at radius 2 is 0.588 bits per heavy atom. The van der Waals surface area contributed by atoms with Crippen molar-refractivity contribution in [1.29, 1.82) is 0 Å². The lowest BCUT2D eigenvalue weighted by molar-refractivity contribution is 0.171. The van der Waals surface area contributed by atoms with E-state index in [-0.39, 0.29) is 6.54 Å². The molecule has 26 heteroatoms. The van der Waals surface area contributed by atoms with Crippen LogP contribution in [0.4, 0.5) is 22.7 Å². The van der Waals surface area contributed by atoms with Gasteiger partial charge < -0.3 is 42.1 Å². The number of benzene rings is 4. The molecule has 0 amide bonds. The first-order valence-corrected chi connectivity index (χ1v) is 38.9. The molecule has 4 atom stereocenters. The SMILES string of the molecule is BrCCCCCCCCCCBr.CC(C)NCC(O)c1ccc(NS(C)(=O)=O)cc1.CS(=O)(=O)Nc1ccc(C(O)CN)cc1.CS(=O)(=O)Nc1ccc(C(O)CNCCCCCCCCCCNCC(O)c2ccc(NS(C)(=O)=O)cc2)cc1. The van der Waals surface area contributed by atoms with Crippen molar-refractivity contribution in [2.45, 2.75) is 147 Å². The molecule has 0 saturated heterocycles. The number of hydrogen-bond donors (Lipinski definition) is 12. The van der Waals surface area contributed by atoms with Crippen LogP contribution in [0.15, 0.2) is 97.1 Å². The van der Waals surface area contributed by atoms with Crippen molar-refractivity contribution in [2.75, 3.05) is 93.8 Å². The summed E-state index contributed by atoms with van der Waals surface area (Å²) in [7, 11) is -13.1. The van der Waals surface area contributed by atoms with Gasteiger partial charge >= 0.3 is 0 Å². The van der Waals surface area contributed by atoms with Crippen LogP contribution < -0.4 is 40.6 Å². The van der Waals surface area contributed by atoms with Gasteiger partial charge in [-0.15, -0.1) is 0 Å². The summed E-state index contributed by atoms with van der Waals surface area (Å²) < 4.78 is 98.4. The molecule has 4 aromatic carbocycles. The van der Waals surface area contributed by atoms with Crippen molar-refractivity contribution in [3.05, 3.63) is 119 Å². The van der Waals surface area contributed by atoms with E-state index >= 15 is 0 Å². The Balaban J connectivity index is 0.000000657. The summed E-state index contributed by atoms with van der Waals surface area (Å²) in [4.78, 5) is 0. The molecule has 4 aromatic rings. The minimum atomic E-state index is -3.31. The number of nitrogens with one attached hydrogen (secondary N) is 7. The number of halogens is 2. The van der Waals surface area contributed by atoms with Gasteiger partial charge in [-0.25, -0.2) is 33.7 Å². The molecule has 0 aliphatic heterocycles. The van der Waals surface area contributed by atoms with E-state index in [1.165, 1.54) is 87.7 Å². The fraction of sp³-hybridized carbons (Fsp3) is 0.593. The molecular formula is C59H100Br2N8O12S4. The molecule has 0 aliphatic carbocycles. The first-order chi connectivity index (χ1) is 40.0. The third kappa shape index (κ3) is 44.6. The molecule has 0 aromatic heterocycles. The van der Waals surface area contributed by atoms with E-state index in [4.69, 9.17) is 5.73 Å². The van der Waals surface area contributed by atoms with Crippen LogP contribution in [-0.4, -0.2) is 135 Å². The Morgan fingerprint density at radius 1 is 0.365 bits per heavy atom. The van der Waals surface area contributed by atoms with Gasteiger partial charge in [0.05, 0.1) is 49.4 Å². The maximum absolute atomic E-state index is 11.3. The van der Waals surface area contributed by atoms with Crippen LogP contribution in [-0.2, 0) is 40.1 Å². The summed E-state index contributed by atoms with van der Waals surface area (Å²) in [5.41, 5.74) is 10.1. The number of nitrogens with two attached hydrogens (primary N) is 1. The highest BCUT2D eigenvalue weighted by Gasteiger charge is 2.12. The molecule has 0 spiro atoms. The fourth-order valence-electron chi connectivity index (χ4n) is 8.07. The quantitative estimate of drug-likeness (QED) is 0.0146. The van der Waals surface area contributed by atoms with Gasteiger partial charge in [0, 0.05) is 65.6 Å². The third-order valence-corrected chi connectivity index (χ3v) is 16.0. The van der Waals surface area contributed by atoms with E-state index in [9.17, 15) is 54.1 Å². The lowest BCUT2D eigenvalue weighted by Crippen LogP contribution is -2.27. The number of aliphatic hydroxyl groups excluding tert-OH is 4. The summed E-state index contributed by atoms with van der Waals surface area (Å²) in [5.74, 6) is 0. The van der Waals surface area contributed by atoms with Crippen LogP contribution in [0, 0.1) is 0 Å². The van der Waals surface area contributed by atoms with Crippen LogP contribution in [0.25, 0.3) is 0 Å². The van der Waals surface area contributed by atoms with Crippen LogP contribution in [0.3, 0.4) is 0 Å². The highest BCUT2D eigenvalue weighted by molar-refractivity contribution is 9.09.